The van der Waals surface area contributed by atoms with E-state index in [2.05, 4.69) is 17.3 Å². The van der Waals surface area contributed by atoms with Crippen LogP contribution in [-0.4, -0.2) is 61.5 Å². The lowest BCUT2D eigenvalue weighted by atomic mass is 10.0. The summed E-state index contributed by atoms with van der Waals surface area (Å²) in [5.74, 6) is 0.186. The van der Waals surface area contributed by atoms with Crippen LogP contribution in [0.4, 0.5) is 0 Å². The molecule has 1 amide bonds. The minimum atomic E-state index is -0.0738. The quantitative estimate of drug-likeness (QED) is 0.778. The van der Waals surface area contributed by atoms with Crippen LogP contribution in [0.15, 0.2) is 0 Å². The molecule has 1 fully saturated rings. The van der Waals surface area contributed by atoms with Crippen LogP contribution in [0.25, 0.3) is 0 Å². The molecule has 1 rings (SSSR count). The van der Waals surface area contributed by atoms with Gasteiger partial charge in [0.2, 0.25) is 5.91 Å². The maximum absolute atomic E-state index is 11.9. The van der Waals surface area contributed by atoms with Gasteiger partial charge < -0.3 is 15.1 Å². The third-order valence-corrected chi connectivity index (χ3v) is 3.80. The van der Waals surface area contributed by atoms with Gasteiger partial charge in [0, 0.05) is 26.2 Å². The SMILES string of the molecule is CCN(C)C(=O)C(C)NCC1CCCCN1C. The highest BCUT2D eigenvalue weighted by Crippen LogP contribution is 2.14. The van der Waals surface area contributed by atoms with E-state index in [0.29, 0.717) is 6.04 Å². The number of nitrogens with one attached hydrogen (secondary N) is 1. The molecule has 1 saturated heterocycles. The minimum absolute atomic E-state index is 0.0738. The first-order valence-electron chi connectivity index (χ1n) is 6.74. The maximum atomic E-state index is 11.9. The number of amides is 1. The molecule has 0 spiro atoms. The van der Waals surface area contributed by atoms with Crippen LogP contribution in [0.3, 0.4) is 0 Å². The largest absolute Gasteiger partial charge is 0.345 e. The highest BCUT2D eigenvalue weighted by Gasteiger charge is 2.21. The third kappa shape index (κ3) is 4.28. The normalized spacial score (nSPS) is 23.4. The number of carbonyl (C=O) groups excluding carboxylic acids is 1. The van der Waals surface area contributed by atoms with E-state index in [1.165, 1.54) is 25.8 Å². The summed E-state index contributed by atoms with van der Waals surface area (Å²) in [6.45, 7) is 6.83. The van der Waals surface area contributed by atoms with E-state index in [1.807, 2.05) is 20.9 Å². The van der Waals surface area contributed by atoms with Crippen molar-refractivity contribution >= 4 is 5.91 Å². The van der Waals surface area contributed by atoms with Crippen LogP contribution < -0.4 is 5.32 Å². The number of rotatable bonds is 5. The van der Waals surface area contributed by atoms with Crippen LogP contribution in [-0.2, 0) is 4.79 Å². The number of piperidine rings is 1. The monoisotopic (exact) mass is 241 g/mol. The minimum Gasteiger partial charge on any atom is -0.345 e. The van der Waals surface area contributed by atoms with Crippen LogP contribution >= 0.6 is 0 Å². The second-order valence-corrected chi connectivity index (χ2v) is 5.11. The molecular weight excluding hydrogens is 214 g/mol. The molecule has 17 heavy (non-hydrogen) atoms. The average molecular weight is 241 g/mol. The van der Waals surface area contributed by atoms with E-state index in [1.54, 1.807) is 4.90 Å². The van der Waals surface area contributed by atoms with Crippen LogP contribution in [0.1, 0.15) is 33.1 Å². The molecule has 4 nitrogen and oxygen atoms in total. The highest BCUT2D eigenvalue weighted by molar-refractivity contribution is 5.81. The summed E-state index contributed by atoms with van der Waals surface area (Å²) in [5, 5.41) is 3.36. The Labute approximate surface area is 105 Å². The maximum Gasteiger partial charge on any atom is 0.239 e. The third-order valence-electron chi connectivity index (χ3n) is 3.80. The van der Waals surface area contributed by atoms with Gasteiger partial charge in [-0.1, -0.05) is 6.42 Å². The second kappa shape index (κ2) is 6.97. The van der Waals surface area contributed by atoms with Gasteiger partial charge in [0.05, 0.1) is 6.04 Å². The summed E-state index contributed by atoms with van der Waals surface area (Å²) >= 11 is 0. The smallest absolute Gasteiger partial charge is 0.239 e. The Morgan fingerprint density at radius 3 is 2.82 bits per heavy atom. The molecule has 0 bridgehead atoms. The zero-order valence-corrected chi connectivity index (χ0v) is 11.7. The van der Waals surface area contributed by atoms with Crippen molar-refractivity contribution in [3.05, 3.63) is 0 Å². The first-order valence-corrected chi connectivity index (χ1v) is 6.74. The topological polar surface area (TPSA) is 35.6 Å². The van der Waals surface area contributed by atoms with Crippen molar-refractivity contribution in [3.8, 4) is 0 Å². The molecule has 0 aromatic carbocycles. The Morgan fingerprint density at radius 1 is 1.53 bits per heavy atom. The van der Waals surface area contributed by atoms with Gasteiger partial charge >= 0.3 is 0 Å². The van der Waals surface area contributed by atoms with Gasteiger partial charge in [0.15, 0.2) is 0 Å². The van der Waals surface area contributed by atoms with Gasteiger partial charge in [-0.2, -0.15) is 0 Å². The summed E-state index contributed by atoms with van der Waals surface area (Å²) in [5.41, 5.74) is 0. The number of likely N-dealkylation sites (N-methyl/N-ethyl adjacent to an activating group) is 2. The molecule has 0 radical (unpaired) electrons. The van der Waals surface area contributed by atoms with E-state index in [9.17, 15) is 4.79 Å². The number of carbonyl (C=O) groups is 1. The van der Waals surface area contributed by atoms with Gasteiger partial charge in [0.1, 0.15) is 0 Å². The van der Waals surface area contributed by atoms with E-state index in [-0.39, 0.29) is 11.9 Å². The summed E-state index contributed by atoms with van der Waals surface area (Å²) in [6, 6.07) is 0.515. The molecule has 4 heteroatoms. The number of likely N-dealkylation sites (tertiary alicyclic amines) is 1. The number of hydrogen-bond donors (Lipinski definition) is 1. The Bertz CT molecular complexity index is 245. The summed E-state index contributed by atoms with van der Waals surface area (Å²) in [4.78, 5) is 16.0. The van der Waals surface area contributed by atoms with Crippen molar-refractivity contribution in [1.29, 1.82) is 0 Å². The van der Waals surface area contributed by atoms with Gasteiger partial charge in [-0.3, -0.25) is 4.79 Å². The Balaban J connectivity index is 2.31. The van der Waals surface area contributed by atoms with E-state index in [0.717, 1.165) is 13.1 Å². The lowest BCUT2D eigenvalue weighted by molar-refractivity contribution is -0.131. The van der Waals surface area contributed by atoms with Crippen LogP contribution in [0.2, 0.25) is 0 Å². The molecule has 100 valence electrons. The van der Waals surface area contributed by atoms with E-state index >= 15 is 0 Å². The van der Waals surface area contributed by atoms with Crippen molar-refractivity contribution < 1.29 is 4.79 Å². The standard InChI is InChI=1S/C13H27N3O/c1-5-15(3)13(17)11(2)14-10-12-8-6-7-9-16(12)4/h11-12,14H,5-10H2,1-4H3. The lowest BCUT2D eigenvalue weighted by Crippen LogP contribution is -2.49. The van der Waals surface area contributed by atoms with Gasteiger partial charge in [-0.05, 0) is 40.3 Å². The molecular formula is C13H27N3O. The molecule has 2 atom stereocenters. The first kappa shape index (κ1) is 14.5. The van der Waals surface area contributed by atoms with Crippen molar-refractivity contribution in [2.75, 3.05) is 33.7 Å². The predicted molar refractivity (Wildman–Crippen MR) is 71.0 cm³/mol. The van der Waals surface area contributed by atoms with Gasteiger partial charge in [0.25, 0.3) is 0 Å². The first-order chi connectivity index (χ1) is 8.06. The van der Waals surface area contributed by atoms with Crippen molar-refractivity contribution in [2.45, 2.75) is 45.2 Å². The molecule has 0 aromatic rings. The Morgan fingerprint density at radius 2 is 2.24 bits per heavy atom. The molecule has 1 aliphatic rings. The fourth-order valence-corrected chi connectivity index (χ4v) is 2.29. The van der Waals surface area contributed by atoms with E-state index < -0.39 is 0 Å². The summed E-state index contributed by atoms with van der Waals surface area (Å²) in [6.07, 6.45) is 3.86. The molecule has 1 heterocycles. The molecule has 1 aliphatic heterocycles. The highest BCUT2D eigenvalue weighted by atomic mass is 16.2. The van der Waals surface area contributed by atoms with Crippen molar-refractivity contribution in [3.63, 3.8) is 0 Å². The van der Waals surface area contributed by atoms with Gasteiger partial charge in [-0.15, -0.1) is 0 Å². The number of hydrogen-bond acceptors (Lipinski definition) is 3. The average Bonchev–Trinajstić information content (AvgIpc) is 2.35. The van der Waals surface area contributed by atoms with Crippen LogP contribution in [0, 0.1) is 0 Å². The van der Waals surface area contributed by atoms with Crippen molar-refractivity contribution in [1.82, 2.24) is 15.1 Å². The zero-order valence-electron chi connectivity index (χ0n) is 11.7. The number of nitrogens with zero attached hydrogens (tertiary/aromatic N) is 2. The molecule has 1 N–H and O–H groups in total. The van der Waals surface area contributed by atoms with Crippen molar-refractivity contribution in [2.24, 2.45) is 0 Å². The molecule has 0 aromatic heterocycles. The molecule has 0 aliphatic carbocycles. The zero-order chi connectivity index (χ0) is 12.8. The Kier molecular flexibility index (Phi) is 5.92. The predicted octanol–water partition coefficient (Wildman–Crippen LogP) is 0.927. The molecule has 2 unspecified atom stereocenters. The summed E-state index contributed by atoms with van der Waals surface area (Å²) in [7, 11) is 4.03. The lowest BCUT2D eigenvalue weighted by Gasteiger charge is -2.33. The fourth-order valence-electron chi connectivity index (χ4n) is 2.29. The second-order valence-electron chi connectivity index (χ2n) is 5.11. The van der Waals surface area contributed by atoms with E-state index in [4.69, 9.17) is 0 Å². The fraction of sp³-hybridized carbons (Fsp3) is 0.923. The van der Waals surface area contributed by atoms with Gasteiger partial charge in [-0.25, -0.2) is 0 Å². The summed E-state index contributed by atoms with van der Waals surface area (Å²) < 4.78 is 0. The Hall–Kier alpha value is -0.610. The van der Waals surface area contributed by atoms with Crippen LogP contribution in [0.5, 0.6) is 0 Å². The molecule has 0 saturated carbocycles.